The Balaban J connectivity index is 1.56. The molecule has 5 nitrogen and oxygen atoms in total. The van der Waals surface area contributed by atoms with E-state index in [4.69, 9.17) is 11.6 Å². The van der Waals surface area contributed by atoms with Crippen molar-refractivity contribution in [1.82, 2.24) is 0 Å². The zero-order chi connectivity index (χ0) is 20.9. The Labute approximate surface area is 179 Å². The molecule has 29 heavy (non-hydrogen) atoms. The van der Waals surface area contributed by atoms with Gasteiger partial charge in [0.25, 0.3) is 5.91 Å². The van der Waals surface area contributed by atoms with Crippen LogP contribution in [-0.4, -0.2) is 20.6 Å². The van der Waals surface area contributed by atoms with Crippen molar-refractivity contribution in [2.45, 2.75) is 10.6 Å². The highest BCUT2D eigenvalue weighted by Crippen LogP contribution is 2.24. The van der Waals surface area contributed by atoms with E-state index in [1.54, 1.807) is 48.2 Å². The summed E-state index contributed by atoms with van der Waals surface area (Å²) in [4.78, 5) is 13.5. The highest BCUT2D eigenvalue weighted by Gasteiger charge is 2.07. The van der Waals surface area contributed by atoms with Gasteiger partial charge in [0, 0.05) is 32.6 Å². The predicted molar refractivity (Wildman–Crippen MR) is 120 cm³/mol. The summed E-state index contributed by atoms with van der Waals surface area (Å²) in [5, 5.41) is 3.51. The summed E-state index contributed by atoms with van der Waals surface area (Å²) in [6.07, 6.45) is 1.08. The molecule has 0 aliphatic rings. The van der Waals surface area contributed by atoms with Crippen molar-refractivity contribution in [3.8, 4) is 0 Å². The van der Waals surface area contributed by atoms with E-state index in [0.717, 1.165) is 22.5 Å². The minimum atomic E-state index is -3.33. The zero-order valence-electron chi connectivity index (χ0n) is 15.6. The maximum atomic E-state index is 12.4. The Hall–Kier alpha value is -2.48. The molecule has 8 heteroatoms. The van der Waals surface area contributed by atoms with Gasteiger partial charge < -0.3 is 5.32 Å². The smallest absolute Gasteiger partial charge is 0.255 e. The molecule has 3 aromatic carbocycles. The van der Waals surface area contributed by atoms with Crippen molar-refractivity contribution in [2.24, 2.45) is 0 Å². The van der Waals surface area contributed by atoms with E-state index in [0.29, 0.717) is 22.0 Å². The Morgan fingerprint density at radius 2 is 1.48 bits per heavy atom. The Kier molecular flexibility index (Phi) is 6.84. The number of halogens is 1. The van der Waals surface area contributed by atoms with Crippen LogP contribution in [0.15, 0.2) is 77.7 Å². The molecule has 0 saturated heterocycles. The number of benzene rings is 3. The van der Waals surface area contributed by atoms with Crippen LogP contribution in [0.4, 0.5) is 11.4 Å². The lowest BCUT2D eigenvalue weighted by Gasteiger charge is -2.08. The molecule has 0 aliphatic carbocycles. The van der Waals surface area contributed by atoms with Gasteiger partial charge in [-0.15, -0.1) is 11.8 Å². The van der Waals surface area contributed by atoms with Gasteiger partial charge in [-0.25, -0.2) is 8.42 Å². The van der Waals surface area contributed by atoms with Crippen LogP contribution in [-0.2, 0) is 15.8 Å². The van der Waals surface area contributed by atoms with Gasteiger partial charge >= 0.3 is 0 Å². The summed E-state index contributed by atoms with van der Waals surface area (Å²) in [6.45, 7) is 0. The number of nitrogens with one attached hydrogen (secondary N) is 2. The number of anilines is 2. The van der Waals surface area contributed by atoms with Gasteiger partial charge in [0.2, 0.25) is 10.0 Å². The lowest BCUT2D eigenvalue weighted by atomic mass is 10.1. The average Bonchev–Trinajstić information content (AvgIpc) is 2.68. The van der Waals surface area contributed by atoms with Crippen molar-refractivity contribution < 1.29 is 13.2 Å². The fourth-order valence-electron chi connectivity index (χ4n) is 2.49. The molecular weight excluding hydrogens is 428 g/mol. The first-order valence-corrected chi connectivity index (χ1v) is 11.9. The molecule has 0 atom stereocenters. The zero-order valence-corrected chi connectivity index (χ0v) is 17.9. The molecule has 0 heterocycles. The molecule has 0 aromatic heterocycles. The van der Waals surface area contributed by atoms with Crippen molar-refractivity contribution in [1.29, 1.82) is 0 Å². The molecule has 3 aromatic rings. The van der Waals surface area contributed by atoms with Gasteiger partial charge in [-0.2, -0.15) is 0 Å². The van der Waals surface area contributed by atoms with E-state index in [-0.39, 0.29) is 5.91 Å². The lowest BCUT2D eigenvalue weighted by molar-refractivity contribution is 0.102. The normalized spacial score (nSPS) is 11.1. The summed E-state index contributed by atoms with van der Waals surface area (Å²) in [5.74, 6) is 0.559. The number of amides is 1. The molecule has 1 amide bonds. The first kappa shape index (κ1) is 21.2. The van der Waals surface area contributed by atoms with E-state index < -0.39 is 10.0 Å². The van der Waals surface area contributed by atoms with Crippen LogP contribution in [0, 0.1) is 0 Å². The highest BCUT2D eigenvalue weighted by molar-refractivity contribution is 7.98. The number of thioether (sulfide) groups is 1. The molecule has 0 spiro atoms. The fourth-order valence-corrected chi connectivity index (χ4v) is 4.03. The van der Waals surface area contributed by atoms with E-state index in [9.17, 15) is 13.2 Å². The van der Waals surface area contributed by atoms with Crippen LogP contribution in [0.25, 0.3) is 0 Å². The first-order valence-electron chi connectivity index (χ1n) is 8.65. The Morgan fingerprint density at radius 1 is 0.897 bits per heavy atom. The maximum absolute atomic E-state index is 12.4. The van der Waals surface area contributed by atoms with Gasteiger partial charge in [-0.1, -0.05) is 23.7 Å². The molecule has 0 unspecified atom stereocenters. The van der Waals surface area contributed by atoms with E-state index >= 15 is 0 Å². The van der Waals surface area contributed by atoms with Crippen molar-refractivity contribution >= 4 is 50.7 Å². The monoisotopic (exact) mass is 446 g/mol. The van der Waals surface area contributed by atoms with Crippen molar-refractivity contribution in [3.05, 3.63) is 88.9 Å². The van der Waals surface area contributed by atoms with E-state index in [1.807, 2.05) is 36.4 Å². The Morgan fingerprint density at radius 3 is 2.07 bits per heavy atom. The molecule has 0 radical (unpaired) electrons. The van der Waals surface area contributed by atoms with Crippen LogP contribution >= 0.6 is 23.4 Å². The Bertz CT molecular complexity index is 1080. The molecule has 0 fully saturated rings. The topological polar surface area (TPSA) is 75.3 Å². The molecule has 2 N–H and O–H groups in total. The van der Waals surface area contributed by atoms with Crippen LogP contribution in [0.2, 0.25) is 5.02 Å². The summed E-state index contributed by atoms with van der Waals surface area (Å²) < 4.78 is 24.8. The minimum absolute atomic E-state index is 0.231. The number of carbonyl (C=O) groups excluding carboxylic acids is 1. The third kappa shape index (κ3) is 6.81. The molecular formula is C21H19ClN2O3S2. The number of hydrogen-bond acceptors (Lipinski definition) is 4. The third-order valence-electron chi connectivity index (χ3n) is 3.88. The minimum Gasteiger partial charge on any atom is -0.322 e. The number of sulfonamides is 1. The van der Waals surface area contributed by atoms with Gasteiger partial charge in [0.1, 0.15) is 0 Å². The second-order valence-electron chi connectivity index (χ2n) is 6.35. The van der Waals surface area contributed by atoms with Crippen LogP contribution in [0.5, 0.6) is 0 Å². The van der Waals surface area contributed by atoms with Crippen LogP contribution < -0.4 is 10.0 Å². The number of hydrogen-bond donors (Lipinski definition) is 2. The second kappa shape index (κ2) is 9.35. The van der Waals surface area contributed by atoms with E-state index in [2.05, 4.69) is 10.0 Å². The summed E-state index contributed by atoms with van der Waals surface area (Å²) in [7, 11) is -3.33. The molecule has 0 bridgehead atoms. The fraction of sp³-hybridized carbons (Fsp3) is 0.0952. The van der Waals surface area contributed by atoms with Gasteiger partial charge in [-0.3, -0.25) is 9.52 Å². The standard InChI is InChI=1S/C21H19ClN2O3S2/c1-29(26,27)24-19-10-8-18(9-11-19)23-21(25)16-4-2-15(3-5-16)14-28-20-12-6-17(22)7-13-20/h2-13,24H,14H2,1H3,(H,23,25). The van der Waals surface area contributed by atoms with Crippen LogP contribution in [0.3, 0.4) is 0 Å². The summed E-state index contributed by atoms with van der Waals surface area (Å²) in [6, 6.07) is 21.6. The summed E-state index contributed by atoms with van der Waals surface area (Å²) >= 11 is 7.59. The molecule has 0 saturated carbocycles. The highest BCUT2D eigenvalue weighted by atomic mass is 35.5. The molecule has 0 aliphatic heterocycles. The maximum Gasteiger partial charge on any atom is 0.255 e. The SMILES string of the molecule is CS(=O)(=O)Nc1ccc(NC(=O)c2ccc(CSc3ccc(Cl)cc3)cc2)cc1. The number of rotatable bonds is 7. The number of carbonyl (C=O) groups is 1. The molecule has 150 valence electrons. The molecule has 3 rings (SSSR count). The van der Waals surface area contributed by atoms with Crippen LogP contribution in [0.1, 0.15) is 15.9 Å². The van der Waals surface area contributed by atoms with Crippen molar-refractivity contribution in [3.63, 3.8) is 0 Å². The van der Waals surface area contributed by atoms with Crippen molar-refractivity contribution in [2.75, 3.05) is 16.3 Å². The van der Waals surface area contributed by atoms with Gasteiger partial charge in [0.15, 0.2) is 0 Å². The quantitative estimate of drug-likeness (QED) is 0.485. The second-order valence-corrected chi connectivity index (χ2v) is 9.58. The van der Waals surface area contributed by atoms with Gasteiger partial charge in [0.05, 0.1) is 6.26 Å². The largest absolute Gasteiger partial charge is 0.322 e. The average molecular weight is 447 g/mol. The first-order chi connectivity index (χ1) is 13.8. The summed E-state index contributed by atoms with van der Waals surface area (Å²) in [5.41, 5.74) is 2.67. The van der Waals surface area contributed by atoms with Gasteiger partial charge in [-0.05, 0) is 66.2 Å². The van der Waals surface area contributed by atoms with E-state index in [1.165, 1.54) is 0 Å². The lowest BCUT2D eigenvalue weighted by Crippen LogP contribution is -2.12. The predicted octanol–water partition coefficient (Wildman–Crippen LogP) is 5.26. The third-order valence-corrected chi connectivity index (χ3v) is 5.82.